The van der Waals surface area contributed by atoms with Gasteiger partial charge in [-0.25, -0.2) is 0 Å². The molecule has 5 heavy (non-hydrogen) atoms. The number of hydrogen-bond acceptors (Lipinski definition) is 1. The molecule has 0 aliphatic heterocycles. The Bertz CT molecular complexity index is 72.0. The van der Waals surface area contributed by atoms with Crippen LogP contribution in [0.4, 0.5) is 0 Å². The van der Waals surface area contributed by atoms with Crippen molar-refractivity contribution in [1.29, 1.82) is 5.26 Å². The Morgan fingerprint density at radius 1 is 1.80 bits per heavy atom. The molecule has 24 valence electrons. The first-order chi connectivity index (χ1) is 2.41. The van der Waals surface area contributed by atoms with Crippen LogP contribution in [0, 0.1) is 21.5 Å². The van der Waals surface area contributed by atoms with E-state index < -0.39 is 0 Å². The maximum absolute atomic E-state index is 7.70. The zero-order valence-corrected chi connectivity index (χ0v) is 4.15. The van der Waals surface area contributed by atoms with Crippen LogP contribution in [0.3, 0.4) is 0 Å². The molecule has 0 rings (SSSR count). The van der Waals surface area contributed by atoms with Gasteiger partial charge in [-0.2, -0.15) is 0 Å². The Morgan fingerprint density at radius 3 is 2.40 bits per heavy atom. The van der Waals surface area contributed by atoms with E-state index in [-0.39, 0.29) is 15.0 Å². The number of terminal acetylenes is 1. The predicted molar refractivity (Wildman–Crippen MR) is 20.2 cm³/mol. The van der Waals surface area contributed by atoms with E-state index in [1.54, 1.807) is 0 Å². The van der Waals surface area contributed by atoms with Crippen molar-refractivity contribution >= 4 is 15.0 Å². The van der Waals surface area contributed by atoms with E-state index in [1.165, 1.54) is 0 Å². The molecular formula is C3HNSe. The van der Waals surface area contributed by atoms with Crippen molar-refractivity contribution in [3.8, 4) is 16.2 Å². The van der Waals surface area contributed by atoms with Crippen LogP contribution < -0.4 is 0 Å². The van der Waals surface area contributed by atoms with Gasteiger partial charge in [0.25, 0.3) is 0 Å². The second-order valence-electron chi connectivity index (χ2n) is 0.311. The first-order valence-corrected chi connectivity index (χ1v) is 2.63. The number of nitriles is 1. The van der Waals surface area contributed by atoms with Gasteiger partial charge in [-0.3, -0.25) is 0 Å². The van der Waals surface area contributed by atoms with Gasteiger partial charge in [0.05, 0.1) is 0 Å². The van der Waals surface area contributed by atoms with Gasteiger partial charge in [-0.15, -0.1) is 0 Å². The van der Waals surface area contributed by atoms with Crippen LogP contribution in [0.15, 0.2) is 0 Å². The molecule has 0 saturated carbocycles. The van der Waals surface area contributed by atoms with E-state index in [2.05, 4.69) is 4.82 Å². The van der Waals surface area contributed by atoms with Crippen LogP contribution in [0.25, 0.3) is 0 Å². The molecule has 0 saturated heterocycles. The van der Waals surface area contributed by atoms with E-state index in [9.17, 15) is 0 Å². The van der Waals surface area contributed by atoms with Crippen molar-refractivity contribution in [2.75, 3.05) is 0 Å². The number of nitrogens with zero attached hydrogens (tertiary/aromatic N) is 1. The topological polar surface area (TPSA) is 23.8 Å². The zero-order chi connectivity index (χ0) is 4.12. The second kappa shape index (κ2) is 3.57. The summed E-state index contributed by atoms with van der Waals surface area (Å²) in [6.07, 6.45) is 4.69. The molecule has 0 spiro atoms. The first-order valence-electron chi connectivity index (χ1n) is 0.921. The molecule has 0 bridgehead atoms. The van der Waals surface area contributed by atoms with Crippen molar-refractivity contribution < 1.29 is 0 Å². The van der Waals surface area contributed by atoms with Crippen LogP contribution >= 0.6 is 0 Å². The number of rotatable bonds is 0. The van der Waals surface area contributed by atoms with E-state index in [1.807, 2.05) is 4.97 Å². The van der Waals surface area contributed by atoms with Gasteiger partial charge < -0.3 is 0 Å². The summed E-state index contributed by atoms with van der Waals surface area (Å²) in [7, 11) is 0. The molecule has 0 unspecified atom stereocenters. The summed E-state index contributed by atoms with van der Waals surface area (Å²) in [5, 5.41) is 7.70. The van der Waals surface area contributed by atoms with E-state index in [4.69, 9.17) is 11.7 Å². The molecule has 0 heterocycles. The summed E-state index contributed by atoms with van der Waals surface area (Å²) < 4.78 is 0. The van der Waals surface area contributed by atoms with Gasteiger partial charge in [-0.05, 0) is 0 Å². The van der Waals surface area contributed by atoms with Crippen molar-refractivity contribution in [3.63, 3.8) is 0 Å². The van der Waals surface area contributed by atoms with Crippen LogP contribution in [0.5, 0.6) is 0 Å². The SMILES string of the molecule is C#C[Se]C#N. The fourth-order valence-electron chi connectivity index (χ4n) is 0.0264. The van der Waals surface area contributed by atoms with Crippen LogP contribution in [0.2, 0.25) is 0 Å². The van der Waals surface area contributed by atoms with Crippen LogP contribution in [-0.2, 0) is 0 Å². The fraction of sp³-hybridized carbons (Fsp3) is 0. The van der Waals surface area contributed by atoms with Crippen molar-refractivity contribution in [1.82, 2.24) is 0 Å². The third kappa shape index (κ3) is 3.57. The molecule has 0 amide bonds. The first kappa shape index (κ1) is 4.57. The molecule has 0 radical (unpaired) electrons. The monoisotopic (exact) mass is 131 g/mol. The van der Waals surface area contributed by atoms with Crippen LogP contribution in [0.1, 0.15) is 0 Å². The van der Waals surface area contributed by atoms with Crippen molar-refractivity contribution in [3.05, 3.63) is 0 Å². The fourth-order valence-corrected chi connectivity index (χ4v) is 0.137. The summed E-state index contributed by atoms with van der Waals surface area (Å²) in [5.74, 6) is 0. The molecule has 0 aliphatic carbocycles. The molecule has 0 aromatic carbocycles. The average Bonchev–Trinajstić information content (AvgIpc) is 1.41. The van der Waals surface area contributed by atoms with Gasteiger partial charge >= 0.3 is 36.4 Å². The molecule has 0 fully saturated rings. The van der Waals surface area contributed by atoms with Crippen molar-refractivity contribution in [2.45, 2.75) is 0 Å². The molecule has 0 aliphatic rings. The van der Waals surface area contributed by atoms with Gasteiger partial charge in [0, 0.05) is 0 Å². The Kier molecular flexibility index (Phi) is 3.26. The zero-order valence-electron chi connectivity index (χ0n) is 2.43. The summed E-state index contributed by atoms with van der Waals surface area (Å²) in [4.78, 5) is 4.06. The quantitative estimate of drug-likeness (QED) is 0.328. The van der Waals surface area contributed by atoms with E-state index >= 15 is 0 Å². The predicted octanol–water partition coefficient (Wildman–Crippen LogP) is -0.238. The summed E-state index contributed by atoms with van der Waals surface area (Å²) in [5.41, 5.74) is 0. The van der Waals surface area contributed by atoms with E-state index in [0.29, 0.717) is 0 Å². The average molecular weight is 130 g/mol. The minimum absolute atomic E-state index is 0.208. The Morgan fingerprint density at radius 2 is 2.40 bits per heavy atom. The summed E-state index contributed by atoms with van der Waals surface area (Å²) in [6, 6.07) is 0. The summed E-state index contributed by atoms with van der Waals surface area (Å²) >= 11 is -0.208. The van der Waals surface area contributed by atoms with Gasteiger partial charge in [0.2, 0.25) is 0 Å². The standard InChI is InChI=1S/C3HNSe/c1-2-5-3-4/h1H. The van der Waals surface area contributed by atoms with Gasteiger partial charge in [0.15, 0.2) is 0 Å². The minimum atomic E-state index is -0.208. The third-order valence-electron chi connectivity index (χ3n) is 0.105. The Hall–Kier alpha value is -0.431. The van der Waals surface area contributed by atoms with Gasteiger partial charge in [0.1, 0.15) is 0 Å². The van der Waals surface area contributed by atoms with Crippen LogP contribution in [-0.4, -0.2) is 15.0 Å². The maximum atomic E-state index is 7.70. The third-order valence-corrected chi connectivity index (χ3v) is 0.543. The molecule has 2 heteroatoms. The molecule has 0 aromatic rings. The van der Waals surface area contributed by atoms with Crippen molar-refractivity contribution in [2.24, 2.45) is 0 Å². The molecular weight excluding hydrogens is 129 g/mol. The Balaban J connectivity index is 2.86. The number of hydrogen-bond donors (Lipinski definition) is 0. The Labute approximate surface area is 37.1 Å². The second-order valence-corrected chi connectivity index (χ2v) is 1.62. The summed E-state index contributed by atoms with van der Waals surface area (Å²) in [6.45, 7) is 0. The molecule has 0 aromatic heterocycles. The van der Waals surface area contributed by atoms with Gasteiger partial charge in [-0.1, -0.05) is 0 Å². The molecule has 1 nitrogen and oxygen atoms in total. The molecule has 0 atom stereocenters. The normalized spacial score (nSPS) is 4.40. The molecule has 0 N–H and O–H groups in total. The van der Waals surface area contributed by atoms with E-state index in [0.717, 1.165) is 0 Å².